The summed E-state index contributed by atoms with van der Waals surface area (Å²) >= 11 is 1.53. The summed E-state index contributed by atoms with van der Waals surface area (Å²) in [6, 6.07) is 15.3. The number of amides is 3. The lowest BCUT2D eigenvalue weighted by atomic mass is 10.1. The molecule has 3 aromatic rings. The summed E-state index contributed by atoms with van der Waals surface area (Å²) < 4.78 is 5.50. The van der Waals surface area contributed by atoms with E-state index in [1.165, 1.54) is 23.2 Å². The third kappa shape index (κ3) is 4.15. The van der Waals surface area contributed by atoms with E-state index in [9.17, 15) is 14.4 Å². The van der Waals surface area contributed by atoms with E-state index in [1.54, 1.807) is 12.1 Å². The van der Waals surface area contributed by atoms with Crippen LogP contribution in [0.3, 0.4) is 0 Å². The van der Waals surface area contributed by atoms with E-state index in [1.807, 2.05) is 41.8 Å². The Bertz CT molecular complexity index is 1110. The fourth-order valence-electron chi connectivity index (χ4n) is 3.00. The molecular formula is C21H18N4O4S. The largest absolute Gasteiger partial charge is 0.482 e. The number of fused-ring (bicyclic) bond motifs is 1. The van der Waals surface area contributed by atoms with Crippen LogP contribution in [0, 0.1) is 0 Å². The first-order valence-corrected chi connectivity index (χ1v) is 10.0. The van der Waals surface area contributed by atoms with Crippen LogP contribution in [-0.4, -0.2) is 35.9 Å². The Labute approximate surface area is 176 Å². The van der Waals surface area contributed by atoms with Gasteiger partial charge in [0.25, 0.3) is 11.8 Å². The minimum Gasteiger partial charge on any atom is -0.482 e. The van der Waals surface area contributed by atoms with Crippen molar-refractivity contribution in [1.29, 1.82) is 0 Å². The summed E-state index contributed by atoms with van der Waals surface area (Å²) in [5.41, 5.74) is 7.56. The number of benzene rings is 2. The Morgan fingerprint density at radius 1 is 1.13 bits per heavy atom. The second-order valence-corrected chi connectivity index (χ2v) is 7.44. The van der Waals surface area contributed by atoms with E-state index >= 15 is 0 Å². The smallest absolute Gasteiger partial charge is 0.265 e. The van der Waals surface area contributed by atoms with Gasteiger partial charge in [-0.2, -0.15) is 0 Å². The SMILES string of the molecule is CC(=O)NNC(=O)CN1C(=O)COc2ccc(-c3csc(-c4ccccc4)n3)cc21. The maximum absolute atomic E-state index is 12.4. The number of anilines is 1. The first-order chi connectivity index (χ1) is 14.5. The van der Waals surface area contributed by atoms with Gasteiger partial charge in [0.1, 0.15) is 17.3 Å². The number of carbonyl (C=O) groups is 3. The van der Waals surface area contributed by atoms with Crippen LogP contribution < -0.4 is 20.5 Å². The Morgan fingerprint density at radius 3 is 2.70 bits per heavy atom. The lowest BCUT2D eigenvalue weighted by Gasteiger charge is -2.29. The van der Waals surface area contributed by atoms with Gasteiger partial charge in [-0.3, -0.25) is 30.1 Å². The molecular weight excluding hydrogens is 404 g/mol. The summed E-state index contributed by atoms with van der Waals surface area (Å²) in [6.07, 6.45) is 0. The minimum absolute atomic E-state index is 0.158. The first-order valence-electron chi connectivity index (χ1n) is 9.15. The van der Waals surface area contributed by atoms with Gasteiger partial charge < -0.3 is 4.74 Å². The number of hydrogen-bond donors (Lipinski definition) is 2. The second-order valence-electron chi connectivity index (χ2n) is 6.58. The van der Waals surface area contributed by atoms with E-state index in [2.05, 4.69) is 10.9 Å². The molecule has 0 bridgehead atoms. The monoisotopic (exact) mass is 422 g/mol. The van der Waals surface area contributed by atoms with Crippen LogP contribution in [0.4, 0.5) is 5.69 Å². The number of ether oxygens (including phenoxy) is 1. The van der Waals surface area contributed by atoms with Crippen LogP contribution >= 0.6 is 11.3 Å². The number of nitrogens with zero attached hydrogens (tertiary/aromatic N) is 2. The predicted octanol–water partition coefficient (Wildman–Crippen LogP) is 2.37. The number of thiazole rings is 1. The van der Waals surface area contributed by atoms with E-state index in [-0.39, 0.29) is 19.1 Å². The molecule has 1 aliphatic heterocycles. The molecule has 0 saturated carbocycles. The molecule has 0 fully saturated rings. The highest BCUT2D eigenvalue weighted by molar-refractivity contribution is 7.13. The fraction of sp³-hybridized carbons (Fsp3) is 0.143. The molecule has 2 N–H and O–H groups in total. The second kappa shape index (κ2) is 8.34. The van der Waals surface area contributed by atoms with Crippen molar-refractivity contribution in [2.24, 2.45) is 0 Å². The van der Waals surface area contributed by atoms with Crippen molar-refractivity contribution >= 4 is 34.7 Å². The summed E-state index contributed by atoms with van der Waals surface area (Å²) in [5, 5.41) is 2.84. The number of carbonyl (C=O) groups excluding carboxylic acids is 3. The minimum atomic E-state index is -0.517. The lowest BCUT2D eigenvalue weighted by Crippen LogP contribution is -2.49. The Kier molecular flexibility index (Phi) is 5.44. The molecule has 0 aliphatic carbocycles. The van der Waals surface area contributed by atoms with Crippen molar-refractivity contribution in [3.8, 4) is 27.6 Å². The van der Waals surface area contributed by atoms with Gasteiger partial charge in [-0.15, -0.1) is 11.3 Å². The van der Waals surface area contributed by atoms with Crippen LogP contribution in [0.1, 0.15) is 6.92 Å². The van der Waals surface area contributed by atoms with Gasteiger partial charge >= 0.3 is 0 Å². The van der Waals surface area contributed by atoms with Crippen LogP contribution in [-0.2, 0) is 14.4 Å². The van der Waals surface area contributed by atoms with Crippen molar-refractivity contribution in [2.75, 3.05) is 18.1 Å². The molecule has 8 nitrogen and oxygen atoms in total. The van der Waals surface area contributed by atoms with E-state index in [0.29, 0.717) is 11.4 Å². The third-order valence-electron chi connectivity index (χ3n) is 4.40. The van der Waals surface area contributed by atoms with Crippen LogP contribution in [0.5, 0.6) is 5.75 Å². The van der Waals surface area contributed by atoms with E-state index in [4.69, 9.17) is 9.72 Å². The highest BCUT2D eigenvalue weighted by Crippen LogP contribution is 2.37. The molecule has 0 unspecified atom stereocenters. The number of nitrogens with one attached hydrogen (secondary N) is 2. The maximum Gasteiger partial charge on any atom is 0.265 e. The standard InChI is InChI=1S/C21H18N4O4S/c1-13(26)23-24-19(27)10-25-17-9-15(7-8-18(17)29-11-20(25)28)16-12-30-21(22-16)14-5-3-2-4-6-14/h2-9,12H,10-11H2,1H3,(H,23,26)(H,24,27). The van der Waals surface area contributed by atoms with Gasteiger partial charge in [0.2, 0.25) is 5.91 Å². The molecule has 2 heterocycles. The van der Waals surface area contributed by atoms with Crippen molar-refractivity contribution in [3.63, 3.8) is 0 Å². The summed E-state index contributed by atoms with van der Waals surface area (Å²) in [5.74, 6) is -0.765. The molecule has 1 aromatic heterocycles. The normalized spacial score (nSPS) is 12.7. The molecule has 30 heavy (non-hydrogen) atoms. The molecule has 1 aliphatic rings. The van der Waals surface area contributed by atoms with Gasteiger partial charge in [-0.05, 0) is 18.2 Å². The van der Waals surface area contributed by atoms with E-state index in [0.717, 1.165) is 21.8 Å². The number of hydrogen-bond acceptors (Lipinski definition) is 6. The summed E-state index contributed by atoms with van der Waals surface area (Å²) in [6.45, 7) is 0.874. The molecule has 9 heteroatoms. The third-order valence-corrected chi connectivity index (χ3v) is 5.29. The zero-order chi connectivity index (χ0) is 21.1. The van der Waals surface area contributed by atoms with Gasteiger partial charge in [-0.1, -0.05) is 30.3 Å². The molecule has 0 atom stereocenters. The quantitative estimate of drug-likeness (QED) is 0.629. The molecule has 152 valence electrons. The van der Waals surface area contributed by atoms with Crippen molar-refractivity contribution in [1.82, 2.24) is 15.8 Å². The zero-order valence-corrected chi connectivity index (χ0v) is 16.9. The fourth-order valence-corrected chi connectivity index (χ4v) is 3.83. The number of hydrazine groups is 1. The molecule has 4 rings (SSSR count). The van der Waals surface area contributed by atoms with Crippen LogP contribution in [0.25, 0.3) is 21.8 Å². The highest BCUT2D eigenvalue weighted by atomic mass is 32.1. The topological polar surface area (TPSA) is 101 Å². The Balaban J connectivity index is 1.61. The van der Waals surface area contributed by atoms with Crippen LogP contribution in [0.2, 0.25) is 0 Å². The van der Waals surface area contributed by atoms with Gasteiger partial charge in [0.15, 0.2) is 6.61 Å². The van der Waals surface area contributed by atoms with Gasteiger partial charge in [0.05, 0.1) is 11.4 Å². The van der Waals surface area contributed by atoms with Crippen molar-refractivity contribution < 1.29 is 19.1 Å². The highest BCUT2D eigenvalue weighted by Gasteiger charge is 2.28. The molecule has 2 aromatic carbocycles. The van der Waals surface area contributed by atoms with Crippen molar-refractivity contribution in [3.05, 3.63) is 53.9 Å². The van der Waals surface area contributed by atoms with Gasteiger partial charge in [0, 0.05) is 23.4 Å². The average Bonchev–Trinajstić information content (AvgIpc) is 3.25. The maximum atomic E-state index is 12.4. The first kappa shape index (κ1) is 19.6. The Hall–Kier alpha value is -3.72. The molecule has 0 saturated heterocycles. The number of rotatable bonds is 4. The van der Waals surface area contributed by atoms with Crippen molar-refractivity contribution in [2.45, 2.75) is 6.92 Å². The predicted molar refractivity (Wildman–Crippen MR) is 113 cm³/mol. The Morgan fingerprint density at radius 2 is 1.93 bits per heavy atom. The number of aromatic nitrogens is 1. The molecule has 3 amide bonds. The van der Waals surface area contributed by atoms with Crippen LogP contribution in [0.15, 0.2) is 53.9 Å². The molecule has 0 spiro atoms. The summed E-state index contributed by atoms with van der Waals surface area (Å²) in [4.78, 5) is 41.5. The van der Waals surface area contributed by atoms with E-state index < -0.39 is 11.8 Å². The summed E-state index contributed by atoms with van der Waals surface area (Å²) in [7, 11) is 0. The lowest BCUT2D eigenvalue weighted by molar-refractivity contribution is -0.128. The average molecular weight is 422 g/mol. The molecule has 0 radical (unpaired) electrons. The zero-order valence-electron chi connectivity index (χ0n) is 16.0. The van der Waals surface area contributed by atoms with Gasteiger partial charge in [-0.25, -0.2) is 4.98 Å².